The van der Waals surface area contributed by atoms with Crippen molar-refractivity contribution in [2.45, 2.75) is 13.3 Å². The van der Waals surface area contributed by atoms with Crippen LogP contribution in [0.1, 0.15) is 11.1 Å². The van der Waals surface area contributed by atoms with E-state index in [4.69, 9.17) is 10.8 Å². The maximum Gasteiger partial charge on any atom is 0.404 e. The molecule has 88 valence electrons. The van der Waals surface area contributed by atoms with Gasteiger partial charge in [0, 0.05) is 6.54 Å². The zero-order valence-corrected chi connectivity index (χ0v) is 9.44. The van der Waals surface area contributed by atoms with E-state index in [0.29, 0.717) is 13.1 Å². The molecule has 0 aromatic heterocycles. The van der Waals surface area contributed by atoms with Crippen molar-refractivity contribution in [1.82, 2.24) is 5.32 Å². The Bertz CT molecular complexity index is 353. The third-order valence-electron chi connectivity index (χ3n) is 2.65. The standard InChI is InChI=1S/C12H18N2O2/c1-9-4-2-3-5-11(9)6-10(7-13)8-14-12(15)16/h2-5,10,14H,6-8,13H2,1H3,(H,15,16). The molecule has 4 N–H and O–H groups in total. The molecule has 0 bridgehead atoms. The van der Waals surface area contributed by atoms with Gasteiger partial charge >= 0.3 is 6.09 Å². The van der Waals surface area contributed by atoms with Crippen molar-refractivity contribution in [2.75, 3.05) is 13.1 Å². The molecule has 1 unspecified atom stereocenters. The zero-order valence-electron chi connectivity index (χ0n) is 9.44. The summed E-state index contributed by atoms with van der Waals surface area (Å²) >= 11 is 0. The number of nitrogens with two attached hydrogens (primary N) is 1. The molecule has 1 rings (SSSR count). The maximum atomic E-state index is 10.4. The molecule has 1 atom stereocenters. The molecule has 0 heterocycles. The number of amides is 1. The predicted octanol–water partition coefficient (Wildman–Crippen LogP) is 1.38. The molecule has 0 aliphatic heterocycles. The normalized spacial score (nSPS) is 12.1. The molecule has 0 saturated carbocycles. The van der Waals surface area contributed by atoms with Gasteiger partial charge in [0.15, 0.2) is 0 Å². The first kappa shape index (κ1) is 12.5. The highest BCUT2D eigenvalue weighted by Crippen LogP contribution is 2.12. The minimum Gasteiger partial charge on any atom is -0.465 e. The van der Waals surface area contributed by atoms with Crippen LogP contribution in [-0.2, 0) is 6.42 Å². The van der Waals surface area contributed by atoms with Gasteiger partial charge in [-0.2, -0.15) is 0 Å². The van der Waals surface area contributed by atoms with Gasteiger partial charge in [-0.15, -0.1) is 0 Å². The van der Waals surface area contributed by atoms with Crippen LogP contribution in [0, 0.1) is 12.8 Å². The second-order valence-electron chi connectivity index (χ2n) is 3.92. The number of nitrogens with one attached hydrogen (secondary N) is 1. The molecule has 0 saturated heterocycles. The predicted molar refractivity (Wildman–Crippen MR) is 63.5 cm³/mol. The van der Waals surface area contributed by atoms with Crippen LogP contribution in [0.15, 0.2) is 24.3 Å². The fourth-order valence-corrected chi connectivity index (χ4v) is 1.62. The van der Waals surface area contributed by atoms with Gasteiger partial charge < -0.3 is 16.2 Å². The lowest BCUT2D eigenvalue weighted by atomic mass is 9.96. The van der Waals surface area contributed by atoms with Crippen molar-refractivity contribution < 1.29 is 9.90 Å². The molecule has 0 aliphatic carbocycles. The Hall–Kier alpha value is -1.55. The largest absolute Gasteiger partial charge is 0.465 e. The molecule has 16 heavy (non-hydrogen) atoms. The van der Waals surface area contributed by atoms with E-state index in [9.17, 15) is 4.79 Å². The van der Waals surface area contributed by atoms with E-state index in [-0.39, 0.29) is 5.92 Å². The average Bonchev–Trinajstić information content (AvgIpc) is 2.26. The van der Waals surface area contributed by atoms with E-state index in [1.54, 1.807) is 0 Å². The Morgan fingerprint density at radius 1 is 1.50 bits per heavy atom. The lowest BCUT2D eigenvalue weighted by Gasteiger charge is -2.15. The first-order valence-corrected chi connectivity index (χ1v) is 5.35. The third-order valence-corrected chi connectivity index (χ3v) is 2.65. The van der Waals surface area contributed by atoms with E-state index >= 15 is 0 Å². The smallest absolute Gasteiger partial charge is 0.404 e. The number of rotatable bonds is 5. The summed E-state index contributed by atoms with van der Waals surface area (Å²) in [5, 5.41) is 10.9. The van der Waals surface area contributed by atoms with E-state index in [0.717, 1.165) is 6.42 Å². The molecule has 1 aromatic carbocycles. The molecule has 0 radical (unpaired) electrons. The lowest BCUT2D eigenvalue weighted by molar-refractivity contribution is 0.192. The summed E-state index contributed by atoms with van der Waals surface area (Å²) in [6.45, 7) is 2.93. The number of aryl methyl sites for hydroxylation is 1. The van der Waals surface area contributed by atoms with Crippen molar-refractivity contribution >= 4 is 6.09 Å². The van der Waals surface area contributed by atoms with Gasteiger partial charge in [-0.1, -0.05) is 24.3 Å². The first-order valence-electron chi connectivity index (χ1n) is 5.35. The number of benzene rings is 1. The summed E-state index contributed by atoms with van der Waals surface area (Å²) in [6, 6.07) is 8.08. The maximum absolute atomic E-state index is 10.4. The quantitative estimate of drug-likeness (QED) is 0.704. The fraction of sp³-hybridized carbons (Fsp3) is 0.417. The highest BCUT2D eigenvalue weighted by molar-refractivity contribution is 5.64. The molecule has 1 amide bonds. The molecule has 0 fully saturated rings. The topological polar surface area (TPSA) is 75.3 Å². The van der Waals surface area contributed by atoms with Crippen molar-refractivity contribution in [3.05, 3.63) is 35.4 Å². The number of carbonyl (C=O) groups is 1. The van der Waals surface area contributed by atoms with Crippen molar-refractivity contribution in [2.24, 2.45) is 11.7 Å². The molecular formula is C12H18N2O2. The van der Waals surface area contributed by atoms with Crippen molar-refractivity contribution in [3.8, 4) is 0 Å². The molecule has 1 aromatic rings. The fourth-order valence-electron chi connectivity index (χ4n) is 1.62. The van der Waals surface area contributed by atoms with Gasteiger partial charge in [-0.25, -0.2) is 4.79 Å². The SMILES string of the molecule is Cc1ccccc1CC(CN)CNC(=O)O. The Morgan fingerprint density at radius 3 is 2.75 bits per heavy atom. The molecule has 0 aliphatic rings. The third kappa shape index (κ3) is 3.90. The highest BCUT2D eigenvalue weighted by Gasteiger charge is 2.10. The Labute approximate surface area is 95.5 Å². The van der Waals surface area contributed by atoms with Crippen LogP contribution in [0.3, 0.4) is 0 Å². The minimum atomic E-state index is -0.997. The molecule has 4 nitrogen and oxygen atoms in total. The van der Waals surface area contributed by atoms with Gasteiger partial charge in [0.05, 0.1) is 0 Å². The monoisotopic (exact) mass is 222 g/mol. The second-order valence-corrected chi connectivity index (χ2v) is 3.92. The van der Waals surface area contributed by atoms with Gasteiger partial charge in [0.2, 0.25) is 0 Å². The van der Waals surface area contributed by atoms with E-state index in [2.05, 4.69) is 11.4 Å². The van der Waals surface area contributed by atoms with Crippen LogP contribution < -0.4 is 11.1 Å². The highest BCUT2D eigenvalue weighted by atomic mass is 16.4. The van der Waals surface area contributed by atoms with Crippen molar-refractivity contribution in [1.29, 1.82) is 0 Å². The summed E-state index contributed by atoms with van der Waals surface area (Å²) in [4.78, 5) is 10.4. The van der Waals surface area contributed by atoms with Crippen LogP contribution in [0.4, 0.5) is 4.79 Å². The van der Waals surface area contributed by atoms with Gasteiger partial charge in [0.1, 0.15) is 0 Å². The summed E-state index contributed by atoms with van der Waals surface area (Å²) in [6.07, 6.45) is -0.188. The van der Waals surface area contributed by atoms with Crippen LogP contribution in [0.25, 0.3) is 0 Å². The Balaban J connectivity index is 2.56. The zero-order chi connectivity index (χ0) is 12.0. The van der Waals surface area contributed by atoms with E-state index < -0.39 is 6.09 Å². The Kier molecular flexibility index (Phi) is 4.79. The Morgan fingerprint density at radius 2 is 2.19 bits per heavy atom. The summed E-state index contributed by atoms with van der Waals surface area (Å²) in [5.74, 6) is 0.150. The van der Waals surface area contributed by atoms with Crippen LogP contribution in [-0.4, -0.2) is 24.3 Å². The number of hydrogen-bond donors (Lipinski definition) is 3. The van der Waals surface area contributed by atoms with Crippen LogP contribution in [0.2, 0.25) is 0 Å². The number of carboxylic acid groups (broad SMARTS) is 1. The van der Waals surface area contributed by atoms with Crippen LogP contribution in [0.5, 0.6) is 0 Å². The van der Waals surface area contributed by atoms with Gasteiger partial charge in [-0.3, -0.25) is 0 Å². The van der Waals surface area contributed by atoms with E-state index in [1.807, 2.05) is 25.1 Å². The summed E-state index contributed by atoms with van der Waals surface area (Å²) < 4.78 is 0. The number of hydrogen-bond acceptors (Lipinski definition) is 2. The van der Waals surface area contributed by atoms with E-state index in [1.165, 1.54) is 11.1 Å². The van der Waals surface area contributed by atoms with Gasteiger partial charge in [-0.05, 0) is 36.9 Å². The second kappa shape index (κ2) is 6.12. The van der Waals surface area contributed by atoms with Gasteiger partial charge in [0.25, 0.3) is 0 Å². The minimum absolute atomic E-state index is 0.150. The van der Waals surface area contributed by atoms with Crippen LogP contribution >= 0.6 is 0 Å². The average molecular weight is 222 g/mol. The summed E-state index contributed by atoms with van der Waals surface area (Å²) in [5.41, 5.74) is 8.07. The van der Waals surface area contributed by atoms with Crippen molar-refractivity contribution in [3.63, 3.8) is 0 Å². The molecule has 4 heteroatoms. The summed E-state index contributed by atoms with van der Waals surface area (Å²) in [7, 11) is 0. The lowest BCUT2D eigenvalue weighted by Crippen LogP contribution is -2.32. The first-order chi connectivity index (χ1) is 7.63. The molecular weight excluding hydrogens is 204 g/mol. The molecule has 0 spiro atoms.